The first-order chi connectivity index (χ1) is 18.1. The van der Waals surface area contributed by atoms with Gasteiger partial charge in [-0.1, -0.05) is 53.2 Å². The molecule has 37 heavy (non-hydrogen) atoms. The van der Waals surface area contributed by atoms with Gasteiger partial charge in [-0.15, -0.1) is 0 Å². The van der Waals surface area contributed by atoms with Crippen LogP contribution in [0.1, 0.15) is 0 Å². The van der Waals surface area contributed by atoms with Crippen molar-refractivity contribution in [3.63, 3.8) is 0 Å². The minimum Gasteiger partial charge on any atom is -0.379 e. The van der Waals surface area contributed by atoms with Gasteiger partial charge in [-0.05, 0) is 46.7 Å². The number of carbonyl (C=O) groups is 1. The zero-order chi connectivity index (χ0) is 25.4. The van der Waals surface area contributed by atoms with Crippen molar-refractivity contribution in [2.45, 2.75) is 6.54 Å². The molecule has 3 aromatic carbocycles. The minimum absolute atomic E-state index is 0.0504. The maximum atomic E-state index is 13.1. The van der Waals surface area contributed by atoms with Gasteiger partial charge in [0.15, 0.2) is 17.3 Å². The van der Waals surface area contributed by atoms with Crippen LogP contribution in [0.2, 0.25) is 5.02 Å². The van der Waals surface area contributed by atoms with Crippen LogP contribution in [-0.4, -0.2) is 35.9 Å². The van der Waals surface area contributed by atoms with Crippen molar-refractivity contribution in [2.24, 2.45) is 0 Å². The van der Waals surface area contributed by atoms with E-state index in [1.54, 1.807) is 34.9 Å². The molecule has 6 aromatic rings. The molecular formula is C25H17ClN8O3. The Balaban J connectivity index is 1.26. The maximum absolute atomic E-state index is 13.1. The third kappa shape index (κ3) is 4.28. The second-order valence-corrected chi connectivity index (χ2v) is 8.45. The van der Waals surface area contributed by atoms with Crippen molar-refractivity contribution in [3.05, 3.63) is 77.8 Å². The van der Waals surface area contributed by atoms with E-state index in [1.807, 2.05) is 42.5 Å². The van der Waals surface area contributed by atoms with Crippen LogP contribution in [0.15, 0.2) is 81.9 Å². The number of hydrogen-bond donors (Lipinski definition) is 2. The van der Waals surface area contributed by atoms with Gasteiger partial charge in [0, 0.05) is 11.3 Å². The molecule has 0 bridgehead atoms. The molecule has 0 spiro atoms. The molecule has 0 radical (unpaired) electrons. The Bertz CT molecular complexity index is 1760. The molecule has 0 aliphatic carbocycles. The SMILES string of the molecule is Nc1nonc1-c1nc2ccccc2n1CC(=O)Nc1cccc(-c2noc(-c3ccccc3Cl)n2)c1. The highest BCUT2D eigenvalue weighted by Gasteiger charge is 2.21. The van der Waals surface area contributed by atoms with Gasteiger partial charge >= 0.3 is 0 Å². The molecule has 1 amide bonds. The van der Waals surface area contributed by atoms with Gasteiger partial charge in [-0.2, -0.15) is 4.98 Å². The molecular weight excluding hydrogens is 496 g/mol. The maximum Gasteiger partial charge on any atom is 0.259 e. The summed E-state index contributed by atoms with van der Waals surface area (Å²) >= 11 is 6.24. The smallest absolute Gasteiger partial charge is 0.259 e. The lowest BCUT2D eigenvalue weighted by atomic mass is 10.2. The van der Waals surface area contributed by atoms with Crippen LogP contribution in [-0.2, 0) is 11.3 Å². The predicted octanol–water partition coefficient (Wildman–Crippen LogP) is 4.68. The minimum atomic E-state index is -0.290. The summed E-state index contributed by atoms with van der Waals surface area (Å²) in [6, 6.07) is 21.7. The molecule has 0 fully saturated rings. The average molecular weight is 513 g/mol. The fourth-order valence-corrected chi connectivity index (χ4v) is 4.15. The van der Waals surface area contributed by atoms with Crippen molar-refractivity contribution in [1.29, 1.82) is 0 Å². The van der Waals surface area contributed by atoms with Gasteiger partial charge < -0.3 is 20.1 Å². The Morgan fingerprint density at radius 3 is 2.65 bits per heavy atom. The molecule has 0 saturated heterocycles. The number of amides is 1. The Morgan fingerprint density at radius 2 is 1.81 bits per heavy atom. The first kappa shape index (κ1) is 22.4. The van der Waals surface area contributed by atoms with Gasteiger partial charge in [0.2, 0.25) is 11.7 Å². The van der Waals surface area contributed by atoms with Crippen LogP contribution >= 0.6 is 11.6 Å². The van der Waals surface area contributed by atoms with E-state index in [1.165, 1.54) is 0 Å². The van der Waals surface area contributed by atoms with E-state index in [2.05, 4.69) is 30.8 Å². The monoisotopic (exact) mass is 512 g/mol. The topological polar surface area (TPSA) is 151 Å². The molecule has 182 valence electrons. The van der Waals surface area contributed by atoms with Gasteiger partial charge in [0.1, 0.15) is 6.54 Å². The summed E-state index contributed by atoms with van der Waals surface area (Å²) in [5, 5.41) is 15.0. The number of aromatic nitrogens is 6. The molecule has 11 nitrogen and oxygen atoms in total. The zero-order valence-electron chi connectivity index (χ0n) is 19.0. The number of imidazole rings is 1. The molecule has 0 unspecified atom stereocenters. The van der Waals surface area contributed by atoms with Gasteiger partial charge in [-0.3, -0.25) is 4.79 Å². The first-order valence-electron chi connectivity index (χ1n) is 11.1. The summed E-state index contributed by atoms with van der Waals surface area (Å²) in [4.78, 5) is 22.1. The van der Waals surface area contributed by atoms with Crippen molar-refractivity contribution in [1.82, 2.24) is 30.0 Å². The number of fused-ring (bicyclic) bond motifs is 1. The van der Waals surface area contributed by atoms with E-state index in [0.717, 1.165) is 5.52 Å². The summed E-state index contributed by atoms with van der Waals surface area (Å²) < 4.78 is 11.8. The summed E-state index contributed by atoms with van der Waals surface area (Å²) in [7, 11) is 0. The summed E-state index contributed by atoms with van der Waals surface area (Å²) in [5.41, 5.74) is 9.43. The predicted molar refractivity (Wildman–Crippen MR) is 136 cm³/mol. The number of anilines is 2. The number of rotatable bonds is 6. The van der Waals surface area contributed by atoms with Crippen molar-refractivity contribution in [3.8, 4) is 34.4 Å². The van der Waals surface area contributed by atoms with Crippen molar-refractivity contribution < 1.29 is 13.9 Å². The van der Waals surface area contributed by atoms with Crippen LogP contribution in [0.4, 0.5) is 11.5 Å². The standard InChI is InChI=1S/C25H17ClN8O3/c26-17-9-2-1-8-16(17)25-30-23(33-36-25)14-6-5-7-15(12-14)28-20(35)13-34-19-11-4-3-10-18(19)29-24(34)21-22(27)32-37-31-21/h1-12H,13H2,(H2,27,32)(H,28,35). The highest BCUT2D eigenvalue weighted by molar-refractivity contribution is 6.33. The van der Waals surface area contributed by atoms with Gasteiger partial charge in [0.25, 0.3) is 5.89 Å². The largest absolute Gasteiger partial charge is 0.379 e. The zero-order valence-corrected chi connectivity index (χ0v) is 19.8. The highest BCUT2D eigenvalue weighted by atomic mass is 35.5. The lowest BCUT2D eigenvalue weighted by Gasteiger charge is -2.09. The van der Waals surface area contributed by atoms with Crippen molar-refractivity contribution >= 4 is 40.0 Å². The Labute approximate surface area is 213 Å². The molecule has 0 aliphatic heterocycles. The molecule has 3 aromatic heterocycles. The van der Waals surface area contributed by atoms with Gasteiger partial charge in [-0.25, -0.2) is 9.61 Å². The average Bonchev–Trinajstić information content (AvgIpc) is 3.64. The molecule has 3 heterocycles. The third-order valence-corrected chi connectivity index (χ3v) is 5.95. The van der Waals surface area contributed by atoms with Gasteiger partial charge in [0.05, 0.1) is 21.6 Å². The molecule has 6 rings (SSSR count). The normalized spacial score (nSPS) is 11.2. The van der Waals surface area contributed by atoms with E-state index < -0.39 is 0 Å². The van der Waals surface area contributed by atoms with Crippen LogP contribution < -0.4 is 11.1 Å². The van der Waals surface area contributed by atoms with Crippen molar-refractivity contribution in [2.75, 3.05) is 11.1 Å². The number of nitrogen functional groups attached to an aromatic ring is 1. The second kappa shape index (κ2) is 9.21. The lowest BCUT2D eigenvalue weighted by Crippen LogP contribution is -2.19. The first-order valence-corrected chi connectivity index (χ1v) is 11.5. The fraction of sp³-hybridized carbons (Fsp3) is 0.0400. The Kier molecular flexibility index (Phi) is 5.58. The highest BCUT2D eigenvalue weighted by Crippen LogP contribution is 2.29. The number of nitrogens with two attached hydrogens (primary N) is 1. The summed E-state index contributed by atoms with van der Waals surface area (Å²) in [6.07, 6.45) is 0. The Morgan fingerprint density at radius 1 is 0.973 bits per heavy atom. The van der Waals surface area contributed by atoms with E-state index in [4.69, 9.17) is 26.5 Å². The van der Waals surface area contributed by atoms with Crippen LogP contribution in [0.3, 0.4) is 0 Å². The van der Waals surface area contributed by atoms with E-state index in [0.29, 0.717) is 44.9 Å². The molecule has 0 aliphatic rings. The number of para-hydroxylation sites is 2. The summed E-state index contributed by atoms with van der Waals surface area (Å²) in [6.45, 7) is -0.0504. The molecule has 0 atom stereocenters. The lowest BCUT2D eigenvalue weighted by molar-refractivity contribution is -0.116. The van der Waals surface area contributed by atoms with E-state index in [9.17, 15) is 4.79 Å². The number of carbonyl (C=O) groups excluding carboxylic acids is 1. The van der Waals surface area contributed by atoms with Crippen LogP contribution in [0, 0.1) is 0 Å². The number of halogens is 1. The molecule has 12 heteroatoms. The molecule has 0 saturated carbocycles. The summed E-state index contributed by atoms with van der Waals surface area (Å²) in [5.74, 6) is 0.837. The van der Waals surface area contributed by atoms with E-state index >= 15 is 0 Å². The number of benzene rings is 3. The van der Waals surface area contributed by atoms with E-state index in [-0.39, 0.29) is 24.0 Å². The second-order valence-electron chi connectivity index (χ2n) is 8.04. The number of hydrogen-bond acceptors (Lipinski definition) is 9. The number of nitrogens with zero attached hydrogens (tertiary/aromatic N) is 6. The fourth-order valence-electron chi connectivity index (χ4n) is 3.93. The van der Waals surface area contributed by atoms with Crippen LogP contribution in [0.5, 0.6) is 0 Å². The third-order valence-electron chi connectivity index (χ3n) is 5.62. The Hall–Kier alpha value is -5.03. The number of nitrogens with one attached hydrogen (secondary N) is 1. The molecule has 3 N–H and O–H groups in total. The van der Waals surface area contributed by atoms with Crippen LogP contribution in [0.25, 0.3) is 45.4 Å². The quantitative estimate of drug-likeness (QED) is 0.324.